The molecular formula is C23H22Cl2F3NO3. The molecule has 1 saturated carbocycles. The summed E-state index contributed by atoms with van der Waals surface area (Å²) in [6, 6.07) is 12.4. The monoisotopic (exact) mass is 487 g/mol. The quantitative estimate of drug-likeness (QED) is 0.527. The predicted molar refractivity (Wildman–Crippen MR) is 117 cm³/mol. The maximum Gasteiger partial charge on any atom is 0.391 e. The lowest BCUT2D eigenvalue weighted by Gasteiger charge is -2.38. The molecule has 0 radical (unpaired) electrons. The van der Waals surface area contributed by atoms with Crippen LogP contribution in [0.3, 0.4) is 0 Å². The molecule has 32 heavy (non-hydrogen) atoms. The molecule has 0 saturated heterocycles. The third kappa shape index (κ3) is 5.56. The average Bonchev–Trinajstić information content (AvgIpc) is 2.75. The molecule has 172 valence electrons. The molecule has 3 rings (SSSR count). The van der Waals surface area contributed by atoms with E-state index in [0.29, 0.717) is 15.6 Å². The zero-order valence-corrected chi connectivity index (χ0v) is 18.8. The fourth-order valence-corrected chi connectivity index (χ4v) is 4.34. The highest BCUT2D eigenvalue weighted by Crippen LogP contribution is 2.41. The van der Waals surface area contributed by atoms with Gasteiger partial charge in [0.25, 0.3) is 0 Å². The molecule has 0 spiro atoms. The lowest BCUT2D eigenvalue weighted by atomic mass is 9.76. The Hall–Kier alpha value is -2.25. The molecule has 1 amide bonds. The van der Waals surface area contributed by atoms with Crippen LogP contribution in [-0.2, 0) is 20.7 Å². The fraction of sp³-hybridized carbons (Fsp3) is 0.391. The van der Waals surface area contributed by atoms with Crippen molar-refractivity contribution >= 4 is 35.1 Å². The van der Waals surface area contributed by atoms with Crippen LogP contribution in [0.2, 0.25) is 10.0 Å². The second-order valence-electron chi connectivity index (χ2n) is 7.93. The summed E-state index contributed by atoms with van der Waals surface area (Å²) in [5, 5.41) is 3.60. The zero-order valence-electron chi connectivity index (χ0n) is 17.3. The minimum atomic E-state index is -4.33. The minimum absolute atomic E-state index is 0.137. The van der Waals surface area contributed by atoms with E-state index in [2.05, 4.69) is 5.32 Å². The van der Waals surface area contributed by atoms with Crippen LogP contribution in [0.1, 0.15) is 31.2 Å². The summed E-state index contributed by atoms with van der Waals surface area (Å²) in [6.45, 7) is 0. The molecule has 0 atom stereocenters. The Morgan fingerprint density at radius 2 is 1.66 bits per heavy atom. The summed E-state index contributed by atoms with van der Waals surface area (Å²) in [7, 11) is 1.15. The number of ether oxygens (including phenoxy) is 1. The van der Waals surface area contributed by atoms with Gasteiger partial charge in [-0.05, 0) is 66.6 Å². The Kier molecular flexibility index (Phi) is 7.40. The molecule has 2 aromatic carbocycles. The molecule has 0 bridgehead atoms. The molecule has 0 aliphatic heterocycles. The molecule has 0 aromatic heterocycles. The number of hydrogen-bond acceptors (Lipinski definition) is 3. The second kappa shape index (κ2) is 9.71. The highest BCUT2D eigenvalue weighted by Gasteiger charge is 2.50. The smallest absolute Gasteiger partial charge is 0.391 e. The van der Waals surface area contributed by atoms with E-state index in [1.165, 1.54) is 0 Å². The standard InChI is InChI=1S/C23H22Cl2F3NO3/c1-32-21(31)22(10-8-17(9-11-22)23(26,27)28)29-20(30)13-16-12-15(4-7-19(16)25)14-2-5-18(24)6-3-14/h2-7,12,17H,8-11,13H2,1H3,(H,29,30). The first-order chi connectivity index (χ1) is 15.0. The van der Waals surface area contributed by atoms with Gasteiger partial charge in [0, 0.05) is 10.0 Å². The number of esters is 1. The number of hydrogen-bond donors (Lipinski definition) is 1. The Morgan fingerprint density at radius 1 is 1.06 bits per heavy atom. The molecule has 1 N–H and O–H groups in total. The fourth-order valence-electron chi connectivity index (χ4n) is 4.03. The van der Waals surface area contributed by atoms with Gasteiger partial charge >= 0.3 is 12.1 Å². The summed E-state index contributed by atoms with van der Waals surface area (Å²) in [4.78, 5) is 25.2. The number of rotatable bonds is 5. The zero-order chi connectivity index (χ0) is 23.5. The highest BCUT2D eigenvalue weighted by atomic mass is 35.5. The topological polar surface area (TPSA) is 55.4 Å². The van der Waals surface area contributed by atoms with Gasteiger partial charge in [0.05, 0.1) is 19.4 Å². The summed E-state index contributed by atoms with van der Waals surface area (Å²) >= 11 is 12.2. The number of halogens is 5. The molecule has 4 nitrogen and oxygen atoms in total. The highest BCUT2D eigenvalue weighted by molar-refractivity contribution is 6.31. The molecule has 1 aliphatic carbocycles. The van der Waals surface area contributed by atoms with E-state index in [9.17, 15) is 22.8 Å². The molecule has 9 heteroatoms. The third-order valence-corrected chi connectivity index (χ3v) is 6.45. The van der Waals surface area contributed by atoms with Crippen molar-refractivity contribution in [3.05, 3.63) is 58.1 Å². The van der Waals surface area contributed by atoms with Crippen molar-refractivity contribution < 1.29 is 27.5 Å². The van der Waals surface area contributed by atoms with Crippen LogP contribution in [0.15, 0.2) is 42.5 Å². The van der Waals surface area contributed by atoms with E-state index in [0.717, 1.165) is 18.2 Å². The summed E-state index contributed by atoms with van der Waals surface area (Å²) in [5.41, 5.74) is 0.750. The maximum atomic E-state index is 13.0. The second-order valence-corrected chi connectivity index (χ2v) is 8.77. The summed E-state index contributed by atoms with van der Waals surface area (Å²) < 4.78 is 43.9. The number of nitrogens with one attached hydrogen (secondary N) is 1. The van der Waals surface area contributed by atoms with E-state index in [1.807, 2.05) is 12.1 Å². The number of alkyl halides is 3. The minimum Gasteiger partial charge on any atom is -0.467 e. The number of amides is 1. The lowest BCUT2D eigenvalue weighted by molar-refractivity contribution is -0.188. The maximum absolute atomic E-state index is 13.0. The summed E-state index contributed by atoms with van der Waals surface area (Å²) in [6.07, 6.45) is -5.27. The van der Waals surface area contributed by atoms with Crippen molar-refractivity contribution in [3.63, 3.8) is 0 Å². The van der Waals surface area contributed by atoms with Crippen LogP contribution in [-0.4, -0.2) is 30.7 Å². The summed E-state index contributed by atoms with van der Waals surface area (Å²) in [5.74, 6) is -2.76. The van der Waals surface area contributed by atoms with Gasteiger partial charge in [-0.2, -0.15) is 13.2 Å². The van der Waals surface area contributed by atoms with Gasteiger partial charge in [-0.1, -0.05) is 41.4 Å². The number of carbonyl (C=O) groups is 2. The Morgan fingerprint density at radius 3 is 2.22 bits per heavy atom. The van der Waals surface area contributed by atoms with Gasteiger partial charge in [-0.15, -0.1) is 0 Å². The molecule has 1 fully saturated rings. The van der Waals surface area contributed by atoms with Crippen molar-refractivity contribution in [1.82, 2.24) is 5.32 Å². The van der Waals surface area contributed by atoms with E-state index in [-0.39, 0.29) is 32.1 Å². The predicted octanol–water partition coefficient (Wildman–Crippen LogP) is 5.98. The van der Waals surface area contributed by atoms with E-state index < -0.39 is 29.5 Å². The first-order valence-corrected chi connectivity index (χ1v) is 10.8. The van der Waals surface area contributed by atoms with E-state index >= 15 is 0 Å². The molecule has 0 unspecified atom stereocenters. The van der Waals surface area contributed by atoms with Gasteiger partial charge in [0.2, 0.25) is 5.91 Å². The number of benzene rings is 2. The van der Waals surface area contributed by atoms with Crippen LogP contribution >= 0.6 is 23.2 Å². The molecule has 1 aliphatic rings. The van der Waals surface area contributed by atoms with Gasteiger partial charge in [-0.25, -0.2) is 4.79 Å². The van der Waals surface area contributed by atoms with Gasteiger partial charge in [0.1, 0.15) is 5.54 Å². The van der Waals surface area contributed by atoms with Crippen molar-refractivity contribution in [2.24, 2.45) is 5.92 Å². The Balaban J connectivity index is 1.76. The van der Waals surface area contributed by atoms with Crippen molar-refractivity contribution in [2.45, 2.75) is 43.8 Å². The van der Waals surface area contributed by atoms with Crippen molar-refractivity contribution in [2.75, 3.05) is 7.11 Å². The van der Waals surface area contributed by atoms with Crippen molar-refractivity contribution in [3.8, 4) is 11.1 Å². The average molecular weight is 488 g/mol. The first-order valence-electron chi connectivity index (χ1n) is 10.0. The Labute approximate surface area is 194 Å². The molecular weight excluding hydrogens is 466 g/mol. The van der Waals surface area contributed by atoms with Crippen LogP contribution in [0, 0.1) is 5.92 Å². The largest absolute Gasteiger partial charge is 0.467 e. The van der Waals surface area contributed by atoms with Gasteiger partial charge in [0.15, 0.2) is 0 Å². The third-order valence-electron chi connectivity index (χ3n) is 5.83. The van der Waals surface area contributed by atoms with Gasteiger partial charge < -0.3 is 10.1 Å². The SMILES string of the molecule is COC(=O)C1(NC(=O)Cc2cc(-c3ccc(Cl)cc3)ccc2Cl)CCC(C(F)(F)F)CC1. The van der Waals surface area contributed by atoms with E-state index in [4.69, 9.17) is 27.9 Å². The van der Waals surface area contributed by atoms with Crippen LogP contribution < -0.4 is 5.32 Å². The first kappa shape index (κ1) is 24.4. The van der Waals surface area contributed by atoms with Crippen molar-refractivity contribution in [1.29, 1.82) is 0 Å². The van der Waals surface area contributed by atoms with Crippen LogP contribution in [0.25, 0.3) is 11.1 Å². The Bertz CT molecular complexity index is 985. The number of carbonyl (C=O) groups excluding carboxylic acids is 2. The van der Waals surface area contributed by atoms with Crippen LogP contribution in [0.5, 0.6) is 0 Å². The van der Waals surface area contributed by atoms with Crippen LogP contribution in [0.4, 0.5) is 13.2 Å². The van der Waals surface area contributed by atoms with Gasteiger partial charge in [-0.3, -0.25) is 4.79 Å². The number of methoxy groups -OCH3 is 1. The normalized spacial score (nSPS) is 21.1. The lowest BCUT2D eigenvalue weighted by Crippen LogP contribution is -2.58. The molecule has 0 heterocycles. The molecule has 2 aromatic rings. The van der Waals surface area contributed by atoms with E-state index in [1.54, 1.807) is 30.3 Å².